The van der Waals surface area contributed by atoms with Crippen LogP contribution in [0.15, 0.2) is 0 Å². The summed E-state index contributed by atoms with van der Waals surface area (Å²) in [7, 11) is -1.85. The van der Waals surface area contributed by atoms with Crippen LogP contribution >= 0.6 is 0 Å². The Morgan fingerprint density at radius 3 is 2.33 bits per heavy atom. The van der Waals surface area contributed by atoms with Crippen molar-refractivity contribution in [2.24, 2.45) is 5.92 Å². The number of rotatable bonds is 5. The van der Waals surface area contributed by atoms with Gasteiger partial charge in [0.2, 0.25) is 0 Å². The van der Waals surface area contributed by atoms with Crippen LogP contribution in [0.25, 0.3) is 0 Å². The summed E-state index contributed by atoms with van der Waals surface area (Å²) in [5, 5.41) is 0. The summed E-state index contributed by atoms with van der Waals surface area (Å²) in [6.45, 7) is 9.34. The number of hydrogen-bond donors (Lipinski definition) is 0. The van der Waals surface area contributed by atoms with Crippen LogP contribution in [0, 0.1) is 5.92 Å². The van der Waals surface area contributed by atoms with E-state index in [9.17, 15) is 0 Å². The molecular weight excluding hydrogens is 204 g/mol. The fourth-order valence-corrected chi connectivity index (χ4v) is 4.38. The molecule has 1 aliphatic rings. The topological polar surface area (TPSA) is 18.5 Å². The van der Waals surface area contributed by atoms with Gasteiger partial charge >= 0.3 is 8.56 Å². The van der Waals surface area contributed by atoms with Crippen molar-refractivity contribution < 1.29 is 8.85 Å². The van der Waals surface area contributed by atoms with Crippen LogP contribution in [0.3, 0.4) is 0 Å². The van der Waals surface area contributed by atoms with Crippen molar-refractivity contribution in [1.29, 1.82) is 0 Å². The summed E-state index contributed by atoms with van der Waals surface area (Å²) in [6.07, 6.45) is 7.26. The maximum atomic E-state index is 6.13. The molecule has 3 heteroatoms. The highest BCUT2D eigenvalue weighted by atomic mass is 28.4. The zero-order valence-corrected chi connectivity index (χ0v) is 11.7. The smallest absolute Gasteiger partial charge is 0.331 e. The first-order valence-electron chi connectivity index (χ1n) is 6.37. The lowest BCUT2D eigenvalue weighted by molar-refractivity contribution is 0.0766. The van der Waals surface area contributed by atoms with Gasteiger partial charge in [0.05, 0.1) is 0 Å². The zero-order valence-electron chi connectivity index (χ0n) is 10.7. The normalized spacial score (nSPS) is 21.6. The molecule has 1 atom stereocenters. The standard InChI is InChI=1S/C12H26O2Si/c1-5-13-15(3,4)14-11(2)12-9-7-6-8-10-12/h11-12H,5-10H2,1-4H3. The van der Waals surface area contributed by atoms with E-state index in [0.717, 1.165) is 12.5 Å². The van der Waals surface area contributed by atoms with Crippen LogP contribution in [0.1, 0.15) is 46.0 Å². The van der Waals surface area contributed by atoms with Crippen LogP contribution < -0.4 is 0 Å². The van der Waals surface area contributed by atoms with Gasteiger partial charge in [-0.05, 0) is 45.7 Å². The van der Waals surface area contributed by atoms with Crippen LogP contribution in [0.5, 0.6) is 0 Å². The summed E-state index contributed by atoms with van der Waals surface area (Å²) >= 11 is 0. The Balaban J connectivity index is 2.35. The maximum Gasteiger partial charge on any atom is 0.331 e. The first-order chi connectivity index (χ1) is 7.05. The largest absolute Gasteiger partial charge is 0.395 e. The van der Waals surface area contributed by atoms with Crippen molar-refractivity contribution in [1.82, 2.24) is 0 Å². The summed E-state index contributed by atoms with van der Waals surface area (Å²) in [5.41, 5.74) is 0. The molecule has 0 N–H and O–H groups in total. The summed E-state index contributed by atoms with van der Waals surface area (Å²) in [5.74, 6) is 0.769. The molecule has 0 saturated heterocycles. The lowest BCUT2D eigenvalue weighted by Crippen LogP contribution is -2.40. The molecule has 0 aliphatic heterocycles. The predicted molar refractivity (Wildman–Crippen MR) is 66.2 cm³/mol. The van der Waals surface area contributed by atoms with Gasteiger partial charge in [-0.2, -0.15) is 0 Å². The molecule has 1 rings (SSSR count). The van der Waals surface area contributed by atoms with E-state index in [2.05, 4.69) is 20.0 Å². The lowest BCUT2D eigenvalue weighted by Gasteiger charge is -2.33. The molecule has 0 bridgehead atoms. The monoisotopic (exact) mass is 230 g/mol. The van der Waals surface area contributed by atoms with E-state index in [-0.39, 0.29) is 0 Å². The Morgan fingerprint density at radius 2 is 1.80 bits per heavy atom. The second kappa shape index (κ2) is 6.02. The van der Waals surface area contributed by atoms with Gasteiger partial charge in [0.25, 0.3) is 0 Å². The van der Waals surface area contributed by atoms with Crippen LogP contribution in [0.2, 0.25) is 13.1 Å². The predicted octanol–water partition coefficient (Wildman–Crippen LogP) is 3.71. The molecule has 90 valence electrons. The maximum absolute atomic E-state index is 6.13. The fourth-order valence-electron chi connectivity index (χ4n) is 2.53. The van der Waals surface area contributed by atoms with Crippen molar-refractivity contribution in [3.05, 3.63) is 0 Å². The van der Waals surface area contributed by atoms with Crippen LogP contribution in [0.4, 0.5) is 0 Å². The van der Waals surface area contributed by atoms with Crippen LogP contribution in [-0.2, 0) is 8.85 Å². The molecule has 2 nitrogen and oxygen atoms in total. The average Bonchev–Trinajstić information content (AvgIpc) is 2.18. The third-order valence-corrected chi connectivity index (χ3v) is 5.20. The highest BCUT2D eigenvalue weighted by Gasteiger charge is 2.30. The molecule has 15 heavy (non-hydrogen) atoms. The summed E-state index contributed by atoms with van der Waals surface area (Å²) in [4.78, 5) is 0. The van der Waals surface area contributed by atoms with Gasteiger partial charge in [-0.15, -0.1) is 0 Å². The molecule has 1 unspecified atom stereocenters. The van der Waals surface area contributed by atoms with Crippen molar-refractivity contribution in [2.45, 2.75) is 65.1 Å². The molecule has 0 aromatic heterocycles. The van der Waals surface area contributed by atoms with Crippen molar-refractivity contribution in [3.63, 3.8) is 0 Å². The first-order valence-corrected chi connectivity index (χ1v) is 9.18. The molecule has 0 amide bonds. The van der Waals surface area contributed by atoms with Crippen molar-refractivity contribution >= 4 is 8.56 Å². The Kier molecular flexibility index (Phi) is 5.30. The lowest BCUT2D eigenvalue weighted by atomic mass is 9.86. The molecule has 1 saturated carbocycles. The van der Waals surface area contributed by atoms with Gasteiger partial charge < -0.3 is 8.85 Å². The highest BCUT2D eigenvalue weighted by Crippen LogP contribution is 2.29. The molecule has 0 radical (unpaired) electrons. The van der Waals surface area contributed by atoms with Gasteiger partial charge in [0.1, 0.15) is 0 Å². The number of hydrogen-bond acceptors (Lipinski definition) is 2. The third kappa shape index (κ3) is 4.66. The minimum atomic E-state index is -1.85. The van der Waals surface area contributed by atoms with Gasteiger partial charge in [0, 0.05) is 12.7 Å². The second-order valence-corrected chi connectivity index (χ2v) is 8.38. The van der Waals surface area contributed by atoms with Gasteiger partial charge in [-0.3, -0.25) is 0 Å². The molecule has 0 heterocycles. The van der Waals surface area contributed by atoms with E-state index in [0.29, 0.717) is 6.10 Å². The van der Waals surface area contributed by atoms with Crippen molar-refractivity contribution in [3.8, 4) is 0 Å². The van der Waals surface area contributed by atoms with Gasteiger partial charge in [-0.1, -0.05) is 19.3 Å². The SMILES string of the molecule is CCO[Si](C)(C)OC(C)C1CCCCC1. The Morgan fingerprint density at radius 1 is 1.20 bits per heavy atom. The highest BCUT2D eigenvalue weighted by molar-refractivity contribution is 6.64. The minimum absolute atomic E-state index is 0.388. The summed E-state index contributed by atoms with van der Waals surface area (Å²) < 4.78 is 11.8. The Hall–Kier alpha value is 0.137. The Bertz CT molecular complexity index is 176. The molecule has 0 spiro atoms. The van der Waals surface area contributed by atoms with E-state index in [4.69, 9.17) is 8.85 Å². The second-order valence-electron chi connectivity index (χ2n) is 5.05. The van der Waals surface area contributed by atoms with E-state index >= 15 is 0 Å². The average molecular weight is 230 g/mol. The minimum Gasteiger partial charge on any atom is -0.395 e. The molecular formula is C12H26O2Si. The zero-order chi connectivity index (χ0) is 11.3. The molecule has 1 aliphatic carbocycles. The quantitative estimate of drug-likeness (QED) is 0.670. The van der Waals surface area contributed by atoms with Gasteiger partial charge in [0.15, 0.2) is 0 Å². The van der Waals surface area contributed by atoms with Crippen LogP contribution in [-0.4, -0.2) is 21.3 Å². The molecule has 1 fully saturated rings. The molecule has 0 aromatic carbocycles. The van der Waals surface area contributed by atoms with E-state index in [1.165, 1.54) is 32.1 Å². The summed E-state index contributed by atoms with van der Waals surface area (Å²) in [6, 6.07) is 0. The fraction of sp³-hybridized carbons (Fsp3) is 1.00. The van der Waals surface area contributed by atoms with E-state index in [1.54, 1.807) is 0 Å². The Labute approximate surface area is 95.6 Å². The molecule has 0 aromatic rings. The first kappa shape index (κ1) is 13.2. The van der Waals surface area contributed by atoms with E-state index in [1.807, 2.05) is 6.92 Å². The van der Waals surface area contributed by atoms with Crippen molar-refractivity contribution in [2.75, 3.05) is 6.61 Å². The third-order valence-electron chi connectivity index (χ3n) is 3.28. The van der Waals surface area contributed by atoms with Gasteiger partial charge in [-0.25, -0.2) is 0 Å². The van der Waals surface area contributed by atoms with E-state index < -0.39 is 8.56 Å².